The van der Waals surface area contributed by atoms with E-state index in [0.29, 0.717) is 0 Å². The van der Waals surface area contributed by atoms with Crippen LogP contribution in [0.1, 0.15) is 6.42 Å². The number of carboxylic acid groups (broad SMARTS) is 1. The van der Waals surface area contributed by atoms with Gasteiger partial charge >= 0.3 is 5.97 Å². The summed E-state index contributed by atoms with van der Waals surface area (Å²) in [5, 5.41) is 8.04. The van der Waals surface area contributed by atoms with Gasteiger partial charge in [0, 0.05) is 12.8 Å². The van der Waals surface area contributed by atoms with Crippen LogP contribution in [0.15, 0.2) is 0 Å². The molecule has 4 nitrogen and oxygen atoms in total. The largest absolute Gasteiger partial charge is 0.481 e. The molecule has 1 unspecified atom stereocenters. The summed E-state index contributed by atoms with van der Waals surface area (Å²) in [4.78, 5) is 18.4. The first-order chi connectivity index (χ1) is 3.92. The standard InChI is InChI=1S/C4H9O4P.2ClH/c1-9(7,8)3-2-4(5)6;;/h2-3H2,1H3,(H,5,6)(H,7,8);2*1H. The average Bonchev–Trinajstić information content (AvgIpc) is 1.59. The molecule has 0 aliphatic carbocycles. The second-order valence-corrected chi connectivity index (χ2v) is 4.47. The van der Waals surface area contributed by atoms with E-state index in [-0.39, 0.29) is 37.4 Å². The molecule has 0 saturated carbocycles. The van der Waals surface area contributed by atoms with E-state index in [2.05, 4.69) is 0 Å². The van der Waals surface area contributed by atoms with E-state index >= 15 is 0 Å². The lowest BCUT2D eigenvalue weighted by Gasteiger charge is -1.99. The molecular weight excluding hydrogens is 214 g/mol. The molecule has 0 saturated heterocycles. The zero-order valence-electron chi connectivity index (χ0n) is 5.89. The molecular formula is C4H11Cl2O4P. The van der Waals surface area contributed by atoms with E-state index in [0.717, 1.165) is 6.66 Å². The molecule has 0 bridgehead atoms. The first-order valence-electron chi connectivity index (χ1n) is 2.43. The van der Waals surface area contributed by atoms with Crippen LogP contribution in [0.4, 0.5) is 0 Å². The summed E-state index contributed by atoms with van der Waals surface area (Å²) in [7, 11) is -3.10. The van der Waals surface area contributed by atoms with Gasteiger partial charge in [-0.25, -0.2) is 0 Å². The third kappa shape index (κ3) is 17.9. The Bertz CT molecular complexity index is 154. The maximum Gasteiger partial charge on any atom is 0.303 e. The minimum Gasteiger partial charge on any atom is -0.481 e. The van der Waals surface area contributed by atoms with Crippen molar-refractivity contribution in [2.75, 3.05) is 12.8 Å². The van der Waals surface area contributed by atoms with E-state index in [1.165, 1.54) is 0 Å². The molecule has 0 amide bonds. The number of rotatable bonds is 3. The molecule has 11 heavy (non-hydrogen) atoms. The van der Waals surface area contributed by atoms with E-state index in [1.54, 1.807) is 0 Å². The van der Waals surface area contributed by atoms with Crippen molar-refractivity contribution < 1.29 is 19.4 Å². The van der Waals surface area contributed by atoms with Crippen LogP contribution in [-0.4, -0.2) is 28.8 Å². The Morgan fingerprint density at radius 1 is 1.45 bits per heavy atom. The number of carbonyl (C=O) groups is 1. The zero-order chi connectivity index (χ0) is 7.49. The van der Waals surface area contributed by atoms with Crippen molar-refractivity contribution in [1.82, 2.24) is 0 Å². The summed E-state index contributed by atoms with van der Waals surface area (Å²) in [6, 6.07) is 0. The molecule has 0 aromatic carbocycles. The molecule has 0 aromatic heterocycles. The lowest BCUT2D eigenvalue weighted by molar-refractivity contribution is -0.136. The summed E-state index contributed by atoms with van der Waals surface area (Å²) in [5.74, 6) is -1.04. The van der Waals surface area contributed by atoms with Gasteiger partial charge in [0.2, 0.25) is 0 Å². The highest BCUT2D eigenvalue weighted by molar-refractivity contribution is 7.57. The minimum atomic E-state index is -3.10. The molecule has 0 aliphatic rings. The van der Waals surface area contributed by atoms with Gasteiger partial charge in [-0.05, 0) is 0 Å². The second kappa shape index (κ2) is 6.92. The van der Waals surface area contributed by atoms with Crippen molar-refractivity contribution in [1.29, 1.82) is 0 Å². The van der Waals surface area contributed by atoms with Gasteiger partial charge in [0.25, 0.3) is 0 Å². The van der Waals surface area contributed by atoms with Crippen LogP contribution in [0.5, 0.6) is 0 Å². The predicted molar refractivity (Wildman–Crippen MR) is 47.4 cm³/mol. The van der Waals surface area contributed by atoms with Gasteiger partial charge in [0.15, 0.2) is 7.37 Å². The number of hydrogen-bond donors (Lipinski definition) is 2. The van der Waals surface area contributed by atoms with Gasteiger partial charge in [0.1, 0.15) is 0 Å². The maximum absolute atomic E-state index is 10.4. The van der Waals surface area contributed by atoms with Crippen LogP contribution in [-0.2, 0) is 9.36 Å². The van der Waals surface area contributed by atoms with Crippen molar-refractivity contribution >= 4 is 38.2 Å². The fourth-order valence-corrected chi connectivity index (χ4v) is 0.909. The lowest BCUT2D eigenvalue weighted by atomic mass is 10.5. The monoisotopic (exact) mass is 224 g/mol. The molecule has 0 rings (SSSR count). The number of carboxylic acids is 1. The molecule has 0 aromatic rings. The zero-order valence-corrected chi connectivity index (χ0v) is 8.42. The predicted octanol–water partition coefficient (Wildman–Crippen LogP) is 1.20. The summed E-state index contributed by atoms with van der Waals surface area (Å²) in [5.41, 5.74) is 0. The number of hydrogen-bond acceptors (Lipinski definition) is 2. The van der Waals surface area contributed by atoms with Crippen LogP contribution < -0.4 is 0 Å². The second-order valence-electron chi connectivity index (χ2n) is 1.92. The highest BCUT2D eigenvalue weighted by atomic mass is 35.5. The maximum atomic E-state index is 10.4. The van der Waals surface area contributed by atoms with E-state index < -0.39 is 13.3 Å². The molecule has 0 fully saturated rings. The summed E-state index contributed by atoms with van der Waals surface area (Å²) >= 11 is 0. The highest BCUT2D eigenvalue weighted by Gasteiger charge is 2.10. The molecule has 2 N–H and O–H groups in total. The third-order valence-corrected chi connectivity index (χ3v) is 1.79. The summed E-state index contributed by atoms with van der Waals surface area (Å²) in [6.07, 6.45) is -0.368. The van der Waals surface area contributed by atoms with Crippen molar-refractivity contribution in [3.05, 3.63) is 0 Å². The molecule has 0 spiro atoms. The van der Waals surface area contributed by atoms with Crippen molar-refractivity contribution in [2.24, 2.45) is 0 Å². The van der Waals surface area contributed by atoms with Crippen LogP contribution in [0, 0.1) is 0 Å². The van der Waals surface area contributed by atoms with Crippen LogP contribution >= 0.6 is 32.2 Å². The molecule has 0 heterocycles. The minimum absolute atomic E-state index is 0. The van der Waals surface area contributed by atoms with E-state index in [4.69, 9.17) is 10.00 Å². The van der Waals surface area contributed by atoms with Crippen LogP contribution in [0.25, 0.3) is 0 Å². The molecule has 1 atom stereocenters. The Morgan fingerprint density at radius 2 is 1.82 bits per heavy atom. The van der Waals surface area contributed by atoms with Crippen molar-refractivity contribution in [2.45, 2.75) is 6.42 Å². The molecule has 0 radical (unpaired) electrons. The SMILES string of the molecule is CP(=O)(O)CCC(=O)O.Cl.Cl. The first-order valence-corrected chi connectivity index (χ1v) is 4.72. The van der Waals surface area contributed by atoms with Gasteiger partial charge in [-0.3, -0.25) is 9.36 Å². The Labute approximate surface area is 77.3 Å². The average molecular weight is 225 g/mol. The Balaban J connectivity index is -0.000000320. The number of halogens is 2. The van der Waals surface area contributed by atoms with E-state index in [9.17, 15) is 9.36 Å². The van der Waals surface area contributed by atoms with Gasteiger partial charge in [-0.1, -0.05) is 0 Å². The molecule has 7 heteroatoms. The number of aliphatic carboxylic acids is 1. The van der Waals surface area contributed by atoms with Crippen LogP contribution in [0.2, 0.25) is 0 Å². The quantitative estimate of drug-likeness (QED) is 0.707. The fraction of sp³-hybridized carbons (Fsp3) is 0.750. The van der Waals surface area contributed by atoms with Gasteiger partial charge in [0.05, 0.1) is 6.42 Å². The highest BCUT2D eigenvalue weighted by Crippen LogP contribution is 2.35. The summed E-state index contributed by atoms with van der Waals surface area (Å²) < 4.78 is 10.4. The molecule has 0 aliphatic heterocycles. The van der Waals surface area contributed by atoms with Crippen molar-refractivity contribution in [3.8, 4) is 0 Å². The van der Waals surface area contributed by atoms with Gasteiger partial charge < -0.3 is 10.00 Å². The van der Waals surface area contributed by atoms with Gasteiger partial charge in [-0.15, -0.1) is 24.8 Å². The lowest BCUT2D eigenvalue weighted by Crippen LogP contribution is -1.98. The molecule has 70 valence electrons. The van der Waals surface area contributed by atoms with Crippen molar-refractivity contribution in [3.63, 3.8) is 0 Å². The smallest absolute Gasteiger partial charge is 0.303 e. The normalized spacial score (nSPS) is 13.6. The fourth-order valence-electron chi connectivity index (χ4n) is 0.303. The Hall–Kier alpha value is 0.240. The van der Waals surface area contributed by atoms with Gasteiger partial charge in [-0.2, -0.15) is 0 Å². The summed E-state index contributed by atoms with van der Waals surface area (Å²) in [6.45, 7) is 1.15. The van der Waals surface area contributed by atoms with Crippen LogP contribution in [0.3, 0.4) is 0 Å². The first kappa shape index (κ1) is 17.4. The topological polar surface area (TPSA) is 74.6 Å². The Kier molecular flexibility index (Phi) is 10.9. The van der Waals surface area contributed by atoms with E-state index in [1.807, 2.05) is 0 Å². The Morgan fingerprint density at radius 3 is 1.91 bits per heavy atom. The third-order valence-electron chi connectivity index (χ3n) is 0.741.